The Balaban J connectivity index is 0.00000289. The number of carbonyl (C=O) groups excluding carboxylic acids is 1. The number of aromatic nitrogens is 5. The van der Waals surface area contributed by atoms with E-state index in [9.17, 15) is 4.79 Å². The molecule has 1 aromatic carbocycles. The SMILES string of the molecule is CCn1cc(CN2CCN(C(=O)c3cc(-c4ccc(Cl)cc4)nc4c3c(C)nn4C)CC2)cn1.Cl. The van der Waals surface area contributed by atoms with Crippen LogP contribution in [0.25, 0.3) is 22.3 Å². The van der Waals surface area contributed by atoms with Gasteiger partial charge in [0.15, 0.2) is 5.65 Å². The van der Waals surface area contributed by atoms with Crippen molar-refractivity contribution in [1.82, 2.24) is 34.3 Å². The van der Waals surface area contributed by atoms with Crippen LogP contribution in [0.1, 0.15) is 28.5 Å². The van der Waals surface area contributed by atoms with Gasteiger partial charge >= 0.3 is 0 Å². The highest BCUT2D eigenvalue weighted by Crippen LogP contribution is 2.29. The van der Waals surface area contributed by atoms with Crippen LogP contribution >= 0.6 is 24.0 Å². The molecule has 1 aliphatic rings. The lowest BCUT2D eigenvalue weighted by Gasteiger charge is -2.34. The number of amides is 1. The van der Waals surface area contributed by atoms with E-state index in [2.05, 4.69) is 28.2 Å². The lowest BCUT2D eigenvalue weighted by atomic mass is 10.0. The minimum Gasteiger partial charge on any atom is -0.336 e. The van der Waals surface area contributed by atoms with Crippen LogP contribution in [-0.4, -0.2) is 66.4 Å². The fraction of sp³-hybridized carbons (Fsp3) is 0.360. The molecule has 0 bridgehead atoms. The van der Waals surface area contributed by atoms with Crippen LogP contribution in [0, 0.1) is 6.92 Å². The molecule has 1 fully saturated rings. The molecule has 0 atom stereocenters. The highest BCUT2D eigenvalue weighted by Gasteiger charge is 2.26. The average Bonchev–Trinajstić information content (AvgIpc) is 3.42. The number of hydrogen-bond donors (Lipinski definition) is 0. The number of fused-ring (bicyclic) bond motifs is 1. The first-order valence-corrected chi connectivity index (χ1v) is 11.9. The van der Waals surface area contributed by atoms with Gasteiger partial charge in [0.25, 0.3) is 5.91 Å². The fourth-order valence-electron chi connectivity index (χ4n) is 4.58. The summed E-state index contributed by atoms with van der Waals surface area (Å²) in [6, 6.07) is 9.42. The molecule has 4 aromatic rings. The number of hydrogen-bond acceptors (Lipinski definition) is 5. The van der Waals surface area contributed by atoms with Gasteiger partial charge in [-0.2, -0.15) is 10.2 Å². The van der Waals surface area contributed by atoms with Crippen molar-refractivity contribution in [3.8, 4) is 11.3 Å². The smallest absolute Gasteiger partial charge is 0.254 e. The third-order valence-electron chi connectivity index (χ3n) is 6.42. The van der Waals surface area contributed by atoms with Gasteiger partial charge in [-0.25, -0.2) is 4.98 Å². The van der Waals surface area contributed by atoms with Gasteiger partial charge in [-0.3, -0.25) is 19.1 Å². The van der Waals surface area contributed by atoms with Gasteiger partial charge in [-0.15, -0.1) is 12.4 Å². The molecule has 0 unspecified atom stereocenters. The van der Waals surface area contributed by atoms with Gasteiger partial charge in [0, 0.05) is 68.7 Å². The third kappa shape index (κ3) is 5.05. The van der Waals surface area contributed by atoms with Gasteiger partial charge in [0.05, 0.1) is 28.5 Å². The van der Waals surface area contributed by atoms with Crippen molar-refractivity contribution in [2.45, 2.75) is 26.9 Å². The van der Waals surface area contributed by atoms with Crippen molar-refractivity contribution in [3.63, 3.8) is 0 Å². The molecule has 1 aliphatic heterocycles. The average molecular weight is 514 g/mol. The topological polar surface area (TPSA) is 72.1 Å². The Kier molecular flexibility index (Phi) is 7.44. The number of halogens is 2. The first-order chi connectivity index (χ1) is 16.4. The van der Waals surface area contributed by atoms with E-state index >= 15 is 0 Å². The van der Waals surface area contributed by atoms with Crippen LogP contribution in [0.4, 0.5) is 0 Å². The van der Waals surface area contributed by atoms with Crippen molar-refractivity contribution < 1.29 is 4.79 Å². The maximum Gasteiger partial charge on any atom is 0.254 e. The van der Waals surface area contributed by atoms with E-state index in [1.807, 2.05) is 60.1 Å². The molecule has 0 aliphatic carbocycles. The summed E-state index contributed by atoms with van der Waals surface area (Å²) in [5.74, 6) is 0.0252. The normalized spacial score (nSPS) is 14.3. The van der Waals surface area contributed by atoms with Crippen LogP contribution in [-0.2, 0) is 20.1 Å². The maximum atomic E-state index is 13.7. The summed E-state index contributed by atoms with van der Waals surface area (Å²) < 4.78 is 3.69. The lowest BCUT2D eigenvalue weighted by molar-refractivity contribution is 0.0630. The summed E-state index contributed by atoms with van der Waals surface area (Å²) in [5, 5.41) is 10.4. The maximum absolute atomic E-state index is 13.7. The molecule has 0 saturated carbocycles. The van der Waals surface area contributed by atoms with E-state index in [1.54, 1.807) is 4.68 Å². The van der Waals surface area contributed by atoms with E-state index in [4.69, 9.17) is 16.6 Å². The van der Waals surface area contributed by atoms with Crippen LogP contribution in [0.5, 0.6) is 0 Å². The summed E-state index contributed by atoms with van der Waals surface area (Å²) in [4.78, 5) is 22.9. The minimum absolute atomic E-state index is 0. The molecule has 3 aromatic heterocycles. The molecule has 5 rings (SSSR count). The van der Waals surface area contributed by atoms with Gasteiger partial charge in [0.2, 0.25) is 0 Å². The molecule has 8 nitrogen and oxygen atoms in total. The predicted molar refractivity (Wildman–Crippen MR) is 140 cm³/mol. The number of nitrogens with zero attached hydrogens (tertiary/aromatic N) is 7. The van der Waals surface area contributed by atoms with E-state index in [-0.39, 0.29) is 18.3 Å². The number of carbonyl (C=O) groups is 1. The Bertz CT molecular complexity index is 1340. The minimum atomic E-state index is 0. The van der Waals surface area contributed by atoms with Crippen LogP contribution in [0.2, 0.25) is 5.02 Å². The Morgan fingerprint density at radius 3 is 2.49 bits per heavy atom. The summed E-state index contributed by atoms with van der Waals surface area (Å²) in [5.41, 5.74) is 5.02. The monoisotopic (exact) mass is 513 g/mol. The Labute approximate surface area is 215 Å². The standard InChI is InChI=1S/C25H28ClN7O.ClH/c1-4-33-16-18(14-27-33)15-31-9-11-32(12-10-31)25(34)21-13-22(19-5-7-20(26)8-6-19)28-24-23(21)17(2)29-30(24)3;/h5-8,13-14,16H,4,9-12,15H2,1-3H3;1H. The highest BCUT2D eigenvalue weighted by atomic mass is 35.5. The van der Waals surface area contributed by atoms with Crippen molar-refractivity contribution >= 4 is 40.9 Å². The first kappa shape index (κ1) is 25.2. The van der Waals surface area contributed by atoms with E-state index in [1.165, 1.54) is 5.56 Å². The largest absolute Gasteiger partial charge is 0.336 e. The quantitative estimate of drug-likeness (QED) is 0.400. The third-order valence-corrected chi connectivity index (χ3v) is 6.67. The van der Waals surface area contributed by atoms with Crippen molar-refractivity contribution in [1.29, 1.82) is 0 Å². The zero-order valence-electron chi connectivity index (χ0n) is 20.1. The zero-order chi connectivity index (χ0) is 23.8. The molecule has 1 amide bonds. The second-order valence-corrected chi connectivity index (χ2v) is 9.18. The first-order valence-electron chi connectivity index (χ1n) is 11.6. The van der Waals surface area contributed by atoms with E-state index in [0.29, 0.717) is 29.3 Å². The van der Waals surface area contributed by atoms with Crippen molar-refractivity contribution in [3.05, 3.63) is 64.6 Å². The van der Waals surface area contributed by atoms with Gasteiger partial charge in [-0.05, 0) is 32.0 Å². The molecule has 184 valence electrons. The molecule has 4 heterocycles. The molecule has 0 radical (unpaired) electrons. The van der Waals surface area contributed by atoms with Crippen LogP contribution in [0.15, 0.2) is 42.7 Å². The second-order valence-electron chi connectivity index (χ2n) is 8.74. The van der Waals surface area contributed by atoms with E-state index < -0.39 is 0 Å². The number of pyridine rings is 1. The molecule has 1 saturated heterocycles. The highest BCUT2D eigenvalue weighted by molar-refractivity contribution is 6.30. The summed E-state index contributed by atoms with van der Waals surface area (Å²) >= 11 is 6.07. The van der Waals surface area contributed by atoms with Crippen LogP contribution in [0.3, 0.4) is 0 Å². The number of benzene rings is 1. The molecule has 0 N–H and O–H groups in total. The summed E-state index contributed by atoms with van der Waals surface area (Å²) in [6.07, 6.45) is 4.02. The fourth-order valence-corrected chi connectivity index (χ4v) is 4.71. The van der Waals surface area contributed by atoms with Crippen LogP contribution < -0.4 is 0 Å². The Hall–Kier alpha value is -2.94. The number of aryl methyl sites for hydroxylation is 3. The van der Waals surface area contributed by atoms with Crippen molar-refractivity contribution in [2.24, 2.45) is 7.05 Å². The lowest BCUT2D eigenvalue weighted by Crippen LogP contribution is -2.48. The molecular formula is C25H29Cl2N7O. The number of rotatable bonds is 5. The molecule has 10 heteroatoms. The zero-order valence-corrected chi connectivity index (χ0v) is 21.7. The van der Waals surface area contributed by atoms with E-state index in [0.717, 1.165) is 48.5 Å². The molecule has 35 heavy (non-hydrogen) atoms. The Morgan fingerprint density at radius 2 is 1.83 bits per heavy atom. The predicted octanol–water partition coefficient (Wildman–Crippen LogP) is 4.19. The molecule has 0 spiro atoms. The van der Waals surface area contributed by atoms with Gasteiger partial charge < -0.3 is 4.90 Å². The molecular weight excluding hydrogens is 485 g/mol. The summed E-state index contributed by atoms with van der Waals surface area (Å²) in [7, 11) is 1.86. The number of piperazine rings is 1. The second kappa shape index (κ2) is 10.4. The van der Waals surface area contributed by atoms with Gasteiger partial charge in [-0.1, -0.05) is 23.7 Å². The van der Waals surface area contributed by atoms with Crippen molar-refractivity contribution in [2.75, 3.05) is 26.2 Å². The van der Waals surface area contributed by atoms with Gasteiger partial charge in [0.1, 0.15) is 0 Å². The Morgan fingerprint density at radius 1 is 1.11 bits per heavy atom. The summed E-state index contributed by atoms with van der Waals surface area (Å²) in [6.45, 7) is 8.75.